The molecule has 0 unspecified atom stereocenters. The lowest BCUT2D eigenvalue weighted by Gasteiger charge is -2.12. The minimum Gasteiger partial charge on any atom is -0.497 e. The molecule has 3 aromatic rings. The molecular formula is C25H24O5. The van der Waals surface area contributed by atoms with Gasteiger partial charge in [-0.2, -0.15) is 0 Å². The molecule has 0 aliphatic rings. The Morgan fingerprint density at radius 3 is 2.07 bits per heavy atom. The van der Waals surface area contributed by atoms with E-state index in [1.165, 1.54) is 7.11 Å². The van der Waals surface area contributed by atoms with Gasteiger partial charge in [0.25, 0.3) is 0 Å². The van der Waals surface area contributed by atoms with Gasteiger partial charge >= 0.3 is 5.97 Å². The molecule has 154 valence electrons. The van der Waals surface area contributed by atoms with Crippen molar-refractivity contribution in [2.24, 2.45) is 0 Å². The van der Waals surface area contributed by atoms with Crippen molar-refractivity contribution in [3.05, 3.63) is 89.0 Å². The first kappa shape index (κ1) is 21.0. The second-order valence-electron chi connectivity index (χ2n) is 6.49. The highest BCUT2D eigenvalue weighted by atomic mass is 16.5. The van der Waals surface area contributed by atoms with Crippen LogP contribution in [0.1, 0.15) is 27.0 Å². The molecule has 0 aliphatic carbocycles. The van der Waals surface area contributed by atoms with E-state index in [1.807, 2.05) is 66.7 Å². The summed E-state index contributed by atoms with van der Waals surface area (Å²) in [7, 11) is 4.63. The lowest BCUT2D eigenvalue weighted by molar-refractivity contribution is 0.0600. The van der Waals surface area contributed by atoms with Crippen LogP contribution in [0.2, 0.25) is 0 Å². The third-order valence-corrected chi connectivity index (χ3v) is 4.54. The molecule has 0 amide bonds. The van der Waals surface area contributed by atoms with Crippen molar-refractivity contribution < 1.29 is 23.7 Å². The van der Waals surface area contributed by atoms with Crippen LogP contribution in [0.15, 0.2) is 66.7 Å². The molecule has 0 fully saturated rings. The molecule has 5 nitrogen and oxygen atoms in total. The van der Waals surface area contributed by atoms with Crippen LogP contribution in [0.4, 0.5) is 0 Å². The second kappa shape index (κ2) is 10.2. The fraction of sp³-hybridized carbons (Fsp3) is 0.160. The van der Waals surface area contributed by atoms with Crippen molar-refractivity contribution >= 4 is 18.1 Å². The molecule has 3 aromatic carbocycles. The van der Waals surface area contributed by atoms with E-state index >= 15 is 0 Å². The molecule has 0 aromatic heterocycles. The van der Waals surface area contributed by atoms with Crippen molar-refractivity contribution in [3.8, 4) is 17.2 Å². The number of benzene rings is 3. The number of ether oxygens (including phenoxy) is 4. The zero-order valence-electron chi connectivity index (χ0n) is 17.3. The van der Waals surface area contributed by atoms with Crippen LogP contribution in [0, 0.1) is 0 Å². The third kappa shape index (κ3) is 5.41. The summed E-state index contributed by atoms with van der Waals surface area (Å²) in [5.41, 5.74) is 3.51. The number of methoxy groups -OCH3 is 3. The Balaban J connectivity index is 1.67. The molecule has 0 radical (unpaired) electrons. The Kier molecular flexibility index (Phi) is 7.11. The molecule has 0 bridgehead atoms. The molecule has 3 rings (SSSR count). The van der Waals surface area contributed by atoms with Gasteiger partial charge in [0.1, 0.15) is 12.4 Å². The van der Waals surface area contributed by atoms with Crippen LogP contribution in [0.3, 0.4) is 0 Å². The zero-order valence-corrected chi connectivity index (χ0v) is 17.3. The Labute approximate surface area is 176 Å². The number of rotatable bonds is 8. The van der Waals surface area contributed by atoms with Crippen molar-refractivity contribution in [2.45, 2.75) is 6.61 Å². The fourth-order valence-corrected chi connectivity index (χ4v) is 2.83. The highest BCUT2D eigenvalue weighted by Gasteiger charge is 2.06. The van der Waals surface area contributed by atoms with Crippen molar-refractivity contribution in [2.75, 3.05) is 21.3 Å². The molecular weight excluding hydrogens is 380 g/mol. The Hall–Kier alpha value is -3.73. The molecule has 5 heteroatoms. The van der Waals surface area contributed by atoms with Gasteiger partial charge in [0.2, 0.25) is 0 Å². The van der Waals surface area contributed by atoms with Crippen molar-refractivity contribution in [1.29, 1.82) is 0 Å². The summed E-state index contributed by atoms with van der Waals surface area (Å²) in [5.74, 6) is 1.80. The van der Waals surface area contributed by atoms with Gasteiger partial charge in [-0.05, 0) is 53.1 Å². The van der Waals surface area contributed by atoms with Gasteiger partial charge in [-0.25, -0.2) is 4.79 Å². The number of hydrogen-bond acceptors (Lipinski definition) is 5. The number of hydrogen-bond donors (Lipinski definition) is 0. The predicted molar refractivity (Wildman–Crippen MR) is 117 cm³/mol. The van der Waals surface area contributed by atoms with E-state index in [9.17, 15) is 4.79 Å². The number of carbonyl (C=O) groups excluding carboxylic acids is 1. The largest absolute Gasteiger partial charge is 0.497 e. The molecule has 0 saturated carbocycles. The summed E-state index contributed by atoms with van der Waals surface area (Å²) in [6.07, 6.45) is 3.94. The summed E-state index contributed by atoms with van der Waals surface area (Å²) in [6, 6.07) is 20.7. The van der Waals surface area contributed by atoms with Gasteiger partial charge < -0.3 is 18.9 Å². The molecule has 0 heterocycles. The topological polar surface area (TPSA) is 54.0 Å². The third-order valence-electron chi connectivity index (χ3n) is 4.54. The van der Waals surface area contributed by atoms with Crippen LogP contribution < -0.4 is 14.2 Å². The van der Waals surface area contributed by atoms with Crippen LogP contribution in [0.5, 0.6) is 17.2 Å². The van der Waals surface area contributed by atoms with Gasteiger partial charge in [-0.15, -0.1) is 0 Å². The first-order chi connectivity index (χ1) is 14.6. The molecule has 0 aliphatic heterocycles. The quantitative estimate of drug-likeness (QED) is 0.380. The Bertz CT molecular complexity index is 1000. The van der Waals surface area contributed by atoms with E-state index in [2.05, 4.69) is 0 Å². The van der Waals surface area contributed by atoms with E-state index in [0.29, 0.717) is 23.7 Å². The van der Waals surface area contributed by atoms with Gasteiger partial charge in [-0.1, -0.05) is 42.5 Å². The standard InChI is InChI=1S/C25H24O5/c1-27-22-13-8-20(9-14-22)17-30-23-15-10-19(16-24(23)28-2)5-4-18-6-11-21(12-7-18)25(26)29-3/h4-16H,17H2,1-3H3. The number of carbonyl (C=O) groups is 1. The molecule has 0 spiro atoms. The normalized spacial score (nSPS) is 10.6. The maximum Gasteiger partial charge on any atom is 0.337 e. The van der Waals surface area contributed by atoms with Gasteiger partial charge in [0.05, 0.1) is 26.9 Å². The highest BCUT2D eigenvalue weighted by molar-refractivity contribution is 5.89. The summed E-state index contributed by atoms with van der Waals surface area (Å²) in [4.78, 5) is 11.5. The average Bonchev–Trinajstić information content (AvgIpc) is 2.81. The molecule has 0 atom stereocenters. The summed E-state index contributed by atoms with van der Waals surface area (Å²) in [6.45, 7) is 0.433. The maximum absolute atomic E-state index is 11.5. The smallest absolute Gasteiger partial charge is 0.337 e. The lowest BCUT2D eigenvalue weighted by Crippen LogP contribution is -2.00. The molecule has 0 N–H and O–H groups in total. The van der Waals surface area contributed by atoms with Crippen LogP contribution in [-0.4, -0.2) is 27.3 Å². The first-order valence-corrected chi connectivity index (χ1v) is 9.43. The minimum atomic E-state index is -0.347. The summed E-state index contributed by atoms with van der Waals surface area (Å²) < 4.78 is 21.3. The maximum atomic E-state index is 11.5. The molecule has 0 saturated heterocycles. The van der Waals surface area contributed by atoms with E-state index in [-0.39, 0.29) is 5.97 Å². The average molecular weight is 404 g/mol. The fourth-order valence-electron chi connectivity index (χ4n) is 2.83. The predicted octanol–water partition coefficient (Wildman–Crippen LogP) is 5.24. The SMILES string of the molecule is COC(=O)c1ccc(C=Cc2ccc(OCc3ccc(OC)cc3)c(OC)c2)cc1. The minimum absolute atomic E-state index is 0.347. The second-order valence-corrected chi connectivity index (χ2v) is 6.49. The Morgan fingerprint density at radius 2 is 1.43 bits per heavy atom. The Morgan fingerprint density at radius 1 is 0.767 bits per heavy atom. The van der Waals surface area contributed by atoms with E-state index < -0.39 is 0 Å². The van der Waals surface area contributed by atoms with Gasteiger partial charge in [0.15, 0.2) is 11.5 Å². The first-order valence-electron chi connectivity index (χ1n) is 9.43. The van der Waals surface area contributed by atoms with Crippen LogP contribution in [-0.2, 0) is 11.3 Å². The number of esters is 1. The van der Waals surface area contributed by atoms with Gasteiger partial charge in [-0.3, -0.25) is 0 Å². The van der Waals surface area contributed by atoms with Crippen LogP contribution >= 0.6 is 0 Å². The van der Waals surface area contributed by atoms with Crippen molar-refractivity contribution in [1.82, 2.24) is 0 Å². The zero-order chi connectivity index (χ0) is 21.3. The summed E-state index contributed by atoms with van der Waals surface area (Å²) >= 11 is 0. The highest BCUT2D eigenvalue weighted by Crippen LogP contribution is 2.29. The van der Waals surface area contributed by atoms with Crippen molar-refractivity contribution in [3.63, 3.8) is 0 Å². The lowest BCUT2D eigenvalue weighted by atomic mass is 10.1. The van der Waals surface area contributed by atoms with E-state index in [1.54, 1.807) is 26.4 Å². The molecule has 30 heavy (non-hydrogen) atoms. The van der Waals surface area contributed by atoms with E-state index in [4.69, 9.17) is 18.9 Å². The van der Waals surface area contributed by atoms with Gasteiger partial charge in [0, 0.05) is 0 Å². The summed E-state index contributed by atoms with van der Waals surface area (Å²) in [5, 5.41) is 0. The monoisotopic (exact) mass is 404 g/mol. The van der Waals surface area contributed by atoms with Crippen LogP contribution in [0.25, 0.3) is 12.2 Å². The van der Waals surface area contributed by atoms with E-state index in [0.717, 1.165) is 22.4 Å².